The van der Waals surface area contributed by atoms with E-state index in [1.54, 1.807) is 0 Å². The van der Waals surface area contributed by atoms with E-state index in [-0.39, 0.29) is 5.41 Å². The van der Waals surface area contributed by atoms with Gasteiger partial charge in [0.25, 0.3) is 0 Å². The summed E-state index contributed by atoms with van der Waals surface area (Å²) in [5.41, 5.74) is 0.358. The highest BCUT2D eigenvalue weighted by Crippen LogP contribution is 2.66. The topological polar surface area (TPSA) is 17.1 Å². The van der Waals surface area contributed by atoms with Gasteiger partial charge in [0, 0.05) is 17.2 Å². The molecule has 21 heavy (non-hydrogen) atoms. The van der Waals surface area contributed by atoms with Crippen molar-refractivity contribution >= 4 is 17.4 Å². The highest BCUT2D eigenvalue weighted by molar-refractivity contribution is 6.21. The standard InChI is InChI=1S/C19H29ClO/c1-18-11-10-15-13(14(18)8-9-16(18)20)7-6-12-4-3-5-17(21)19(12,15)2/h12-16H,3-11H2,1-2H3/t12?,13-,14-,15+,16?,18-,19-/m0/s1. The van der Waals surface area contributed by atoms with Crippen LogP contribution in [0.1, 0.15) is 71.6 Å². The first-order valence-electron chi connectivity index (χ1n) is 9.15. The van der Waals surface area contributed by atoms with Crippen molar-refractivity contribution in [1.29, 1.82) is 0 Å². The molecule has 118 valence electrons. The van der Waals surface area contributed by atoms with Gasteiger partial charge in [0.2, 0.25) is 0 Å². The van der Waals surface area contributed by atoms with E-state index in [0.29, 0.717) is 28.4 Å². The molecule has 0 aromatic rings. The zero-order chi connectivity index (χ0) is 14.8. The second-order valence-electron chi connectivity index (χ2n) is 8.84. The number of halogens is 1. The molecule has 0 amide bonds. The lowest BCUT2D eigenvalue weighted by molar-refractivity contribution is -0.154. The van der Waals surface area contributed by atoms with Crippen molar-refractivity contribution in [2.24, 2.45) is 34.5 Å². The molecule has 2 heteroatoms. The molecule has 4 rings (SSSR count). The monoisotopic (exact) mass is 308 g/mol. The Morgan fingerprint density at radius 3 is 2.62 bits per heavy atom. The van der Waals surface area contributed by atoms with Gasteiger partial charge < -0.3 is 0 Å². The molecule has 7 atom stereocenters. The van der Waals surface area contributed by atoms with E-state index >= 15 is 0 Å². The molecule has 2 unspecified atom stereocenters. The summed E-state index contributed by atoms with van der Waals surface area (Å²) in [5, 5.41) is 0.371. The third-order valence-electron chi connectivity index (χ3n) is 8.35. The molecule has 0 heterocycles. The number of carbonyl (C=O) groups is 1. The summed E-state index contributed by atoms with van der Waals surface area (Å²) >= 11 is 6.69. The highest BCUT2D eigenvalue weighted by Gasteiger charge is 2.61. The molecule has 0 aromatic heterocycles. The largest absolute Gasteiger partial charge is 0.299 e. The molecule has 0 aromatic carbocycles. The van der Waals surface area contributed by atoms with Gasteiger partial charge in [0.05, 0.1) is 0 Å². The molecule has 4 aliphatic carbocycles. The fourth-order valence-electron chi connectivity index (χ4n) is 7.02. The van der Waals surface area contributed by atoms with Gasteiger partial charge in [0.15, 0.2) is 0 Å². The maximum Gasteiger partial charge on any atom is 0.139 e. The molecule has 0 aliphatic heterocycles. The minimum absolute atomic E-state index is 0.00684. The normalized spacial score (nSPS) is 56.5. The Morgan fingerprint density at radius 2 is 1.81 bits per heavy atom. The maximum absolute atomic E-state index is 12.8. The first kappa shape index (κ1) is 14.5. The lowest BCUT2D eigenvalue weighted by atomic mass is 9.45. The van der Waals surface area contributed by atoms with Crippen LogP contribution in [0.25, 0.3) is 0 Å². The number of rotatable bonds is 0. The zero-order valence-electron chi connectivity index (χ0n) is 13.5. The summed E-state index contributed by atoms with van der Waals surface area (Å²) in [6, 6.07) is 0. The van der Waals surface area contributed by atoms with E-state index in [2.05, 4.69) is 13.8 Å². The first-order chi connectivity index (χ1) is 9.98. The molecule has 1 nitrogen and oxygen atoms in total. The molecule has 4 fully saturated rings. The molecule has 0 spiro atoms. The Balaban J connectivity index is 1.69. The van der Waals surface area contributed by atoms with E-state index in [1.165, 1.54) is 44.9 Å². The predicted octanol–water partition coefficient (Wildman–Crippen LogP) is 5.21. The van der Waals surface area contributed by atoms with Crippen molar-refractivity contribution < 1.29 is 4.79 Å². The second kappa shape index (κ2) is 4.73. The summed E-state index contributed by atoms with van der Waals surface area (Å²) in [5.74, 6) is 3.49. The summed E-state index contributed by atoms with van der Waals surface area (Å²) < 4.78 is 0. The van der Waals surface area contributed by atoms with Gasteiger partial charge in [-0.3, -0.25) is 4.79 Å². The Bertz CT molecular complexity index is 460. The fraction of sp³-hybridized carbons (Fsp3) is 0.947. The minimum atomic E-state index is 0.00684. The van der Waals surface area contributed by atoms with Crippen LogP contribution in [0.15, 0.2) is 0 Å². The van der Waals surface area contributed by atoms with Crippen molar-refractivity contribution in [2.75, 3.05) is 0 Å². The number of carbonyl (C=O) groups excluding carboxylic acids is 1. The zero-order valence-corrected chi connectivity index (χ0v) is 14.3. The van der Waals surface area contributed by atoms with Crippen molar-refractivity contribution in [2.45, 2.75) is 77.0 Å². The number of hydrogen-bond donors (Lipinski definition) is 0. The maximum atomic E-state index is 12.8. The number of fused-ring (bicyclic) bond motifs is 5. The van der Waals surface area contributed by atoms with Crippen LogP contribution in [-0.2, 0) is 4.79 Å². The smallest absolute Gasteiger partial charge is 0.139 e. The van der Waals surface area contributed by atoms with Gasteiger partial charge in [0.1, 0.15) is 5.78 Å². The molecular formula is C19H29ClO. The van der Waals surface area contributed by atoms with Crippen LogP contribution in [0.2, 0.25) is 0 Å². The van der Waals surface area contributed by atoms with Gasteiger partial charge in [-0.2, -0.15) is 0 Å². The number of alkyl halides is 1. The third kappa shape index (κ3) is 1.79. The average molecular weight is 309 g/mol. The lowest BCUT2D eigenvalue weighted by Crippen LogP contribution is -2.56. The van der Waals surface area contributed by atoms with Gasteiger partial charge in [-0.1, -0.05) is 13.8 Å². The molecule has 0 N–H and O–H groups in total. The van der Waals surface area contributed by atoms with Gasteiger partial charge in [-0.15, -0.1) is 11.6 Å². The van der Waals surface area contributed by atoms with Gasteiger partial charge >= 0.3 is 0 Å². The molecule has 0 bridgehead atoms. The Labute approximate surface area is 134 Å². The molecule has 4 saturated carbocycles. The van der Waals surface area contributed by atoms with Crippen LogP contribution in [0.4, 0.5) is 0 Å². The van der Waals surface area contributed by atoms with Crippen LogP contribution >= 0.6 is 11.6 Å². The van der Waals surface area contributed by atoms with Crippen molar-refractivity contribution in [3.05, 3.63) is 0 Å². The first-order valence-corrected chi connectivity index (χ1v) is 9.59. The van der Waals surface area contributed by atoms with Crippen LogP contribution < -0.4 is 0 Å². The van der Waals surface area contributed by atoms with Gasteiger partial charge in [-0.05, 0) is 80.5 Å². The summed E-state index contributed by atoms with van der Waals surface area (Å²) in [6.07, 6.45) is 10.9. The number of hydrogen-bond acceptors (Lipinski definition) is 1. The quantitative estimate of drug-likeness (QED) is 0.562. The Morgan fingerprint density at radius 1 is 1.00 bits per heavy atom. The fourth-order valence-corrected chi connectivity index (χ4v) is 7.42. The molecule has 4 aliphatic rings. The summed E-state index contributed by atoms with van der Waals surface area (Å²) in [6.45, 7) is 4.78. The SMILES string of the molecule is C[C@]12C(=O)CCCC1CC[C@@H]1[C@H]2CC[C@]2(C)C(Cl)CC[C@@H]12. The lowest BCUT2D eigenvalue weighted by Gasteiger charge is -2.59. The minimum Gasteiger partial charge on any atom is -0.299 e. The van der Waals surface area contributed by atoms with Crippen LogP contribution in [0, 0.1) is 34.5 Å². The number of Topliss-reactive ketones (excluding diaryl/α,β-unsaturated/α-hetero) is 1. The third-order valence-corrected chi connectivity index (χ3v) is 9.06. The van der Waals surface area contributed by atoms with E-state index in [4.69, 9.17) is 11.6 Å². The summed E-state index contributed by atoms with van der Waals surface area (Å²) in [4.78, 5) is 12.8. The highest BCUT2D eigenvalue weighted by atomic mass is 35.5. The van der Waals surface area contributed by atoms with Gasteiger partial charge in [-0.25, -0.2) is 0 Å². The van der Waals surface area contributed by atoms with Crippen LogP contribution in [-0.4, -0.2) is 11.2 Å². The number of ketones is 1. The van der Waals surface area contributed by atoms with Crippen LogP contribution in [0.5, 0.6) is 0 Å². The van der Waals surface area contributed by atoms with E-state index in [0.717, 1.165) is 24.7 Å². The Hall–Kier alpha value is -0.0400. The van der Waals surface area contributed by atoms with E-state index in [9.17, 15) is 4.79 Å². The molecule has 0 saturated heterocycles. The van der Waals surface area contributed by atoms with Crippen molar-refractivity contribution in [1.82, 2.24) is 0 Å². The van der Waals surface area contributed by atoms with Crippen molar-refractivity contribution in [3.63, 3.8) is 0 Å². The summed E-state index contributed by atoms with van der Waals surface area (Å²) in [7, 11) is 0. The van der Waals surface area contributed by atoms with E-state index < -0.39 is 0 Å². The Kier molecular flexibility index (Phi) is 3.27. The molecular weight excluding hydrogens is 280 g/mol. The van der Waals surface area contributed by atoms with Crippen LogP contribution in [0.3, 0.4) is 0 Å². The average Bonchev–Trinajstić information content (AvgIpc) is 2.76. The van der Waals surface area contributed by atoms with Crippen molar-refractivity contribution in [3.8, 4) is 0 Å². The predicted molar refractivity (Wildman–Crippen MR) is 86.4 cm³/mol. The molecule has 0 radical (unpaired) electrons. The van der Waals surface area contributed by atoms with E-state index in [1.807, 2.05) is 0 Å². The second-order valence-corrected chi connectivity index (χ2v) is 9.37.